The molecular weight excluding hydrogens is 200 g/mol. The van der Waals surface area contributed by atoms with E-state index in [2.05, 4.69) is 10.1 Å². The minimum absolute atomic E-state index is 0.0769. The van der Waals surface area contributed by atoms with Gasteiger partial charge in [0.1, 0.15) is 6.33 Å². The molecule has 0 unspecified atom stereocenters. The van der Waals surface area contributed by atoms with Crippen molar-refractivity contribution in [1.82, 2.24) is 19.7 Å². The van der Waals surface area contributed by atoms with Crippen LogP contribution in [0.3, 0.4) is 0 Å². The van der Waals surface area contributed by atoms with Gasteiger partial charge in [-0.15, -0.1) is 0 Å². The number of rotatable bonds is 4. The lowest BCUT2D eigenvalue weighted by molar-refractivity contribution is -0.127. The molecule has 0 aliphatic heterocycles. The SMILES string of the molecule is CC(=O)N(C)CCn1ncnc1C(=O)O. The van der Waals surface area contributed by atoms with Crippen LogP contribution in [0.15, 0.2) is 6.33 Å². The van der Waals surface area contributed by atoms with Crippen molar-refractivity contribution in [2.75, 3.05) is 13.6 Å². The molecule has 82 valence electrons. The third-order valence-corrected chi connectivity index (χ3v) is 1.99. The number of carboxylic acid groups (broad SMARTS) is 1. The number of amides is 1. The first-order valence-electron chi connectivity index (χ1n) is 4.35. The van der Waals surface area contributed by atoms with Gasteiger partial charge < -0.3 is 10.0 Å². The summed E-state index contributed by atoms with van der Waals surface area (Å²) in [6, 6.07) is 0. The van der Waals surface area contributed by atoms with Gasteiger partial charge in [0.25, 0.3) is 0 Å². The number of carboxylic acids is 1. The molecule has 1 aromatic rings. The van der Waals surface area contributed by atoms with Crippen LogP contribution in [0.4, 0.5) is 0 Å². The predicted molar refractivity (Wildman–Crippen MR) is 50.3 cm³/mol. The van der Waals surface area contributed by atoms with Gasteiger partial charge >= 0.3 is 5.97 Å². The number of hydrogen-bond acceptors (Lipinski definition) is 4. The number of aromatic nitrogens is 3. The van der Waals surface area contributed by atoms with E-state index in [-0.39, 0.29) is 11.7 Å². The molecule has 0 radical (unpaired) electrons. The Kier molecular flexibility index (Phi) is 3.37. The van der Waals surface area contributed by atoms with E-state index in [0.29, 0.717) is 13.1 Å². The summed E-state index contributed by atoms with van der Waals surface area (Å²) in [7, 11) is 1.64. The summed E-state index contributed by atoms with van der Waals surface area (Å²) in [6.07, 6.45) is 1.18. The van der Waals surface area contributed by atoms with E-state index in [9.17, 15) is 9.59 Å². The molecule has 0 fully saturated rings. The maximum absolute atomic E-state index is 10.9. The van der Waals surface area contributed by atoms with Crippen LogP contribution >= 0.6 is 0 Å². The maximum atomic E-state index is 10.9. The van der Waals surface area contributed by atoms with Crippen molar-refractivity contribution in [1.29, 1.82) is 0 Å². The van der Waals surface area contributed by atoms with E-state index in [1.807, 2.05) is 0 Å². The highest BCUT2D eigenvalue weighted by Gasteiger charge is 2.12. The second-order valence-corrected chi connectivity index (χ2v) is 3.05. The molecule has 1 rings (SSSR count). The maximum Gasteiger partial charge on any atom is 0.373 e. The molecule has 7 nitrogen and oxygen atoms in total. The zero-order valence-corrected chi connectivity index (χ0v) is 8.54. The van der Waals surface area contributed by atoms with Gasteiger partial charge in [0, 0.05) is 20.5 Å². The second-order valence-electron chi connectivity index (χ2n) is 3.05. The number of carbonyl (C=O) groups excluding carboxylic acids is 1. The third kappa shape index (κ3) is 2.76. The van der Waals surface area contributed by atoms with Gasteiger partial charge in [-0.1, -0.05) is 0 Å². The lowest BCUT2D eigenvalue weighted by Gasteiger charge is -2.14. The number of hydrogen-bond donors (Lipinski definition) is 1. The molecule has 0 spiro atoms. The van der Waals surface area contributed by atoms with Crippen LogP contribution in [0.2, 0.25) is 0 Å². The first-order valence-corrected chi connectivity index (χ1v) is 4.35. The van der Waals surface area contributed by atoms with E-state index < -0.39 is 5.97 Å². The Balaban J connectivity index is 2.61. The lowest BCUT2D eigenvalue weighted by atomic mass is 10.5. The number of carbonyl (C=O) groups is 2. The van der Waals surface area contributed by atoms with E-state index >= 15 is 0 Å². The number of aromatic carboxylic acids is 1. The van der Waals surface area contributed by atoms with Crippen LogP contribution in [0.5, 0.6) is 0 Å². The topological polar surface area (TPSA) is 88.3 Å². The minimum Gasteiger partial charge on any atom is -0.475 e. The molecule has 0 atom stereocenters. The number of likely N-dealkylation sites (N-methyl/N-ethyl adjacent to an activating group) is 1. The fourth-order valence-corrected chi connectivity index (χ4v) is 0.996. The summed E-state index contributed by atoms with van der Waals surface area (Å²) in [4.78, 5) is 26.6. The van der Waals surface area contributed by atoms with Crippen molar-refractivity contribution >= 4 is 11.9 Å². The quantitative estimate of drug-likeness (QED) is 0.723. The highest BCUT2D eigenvalue weighted by Crippen LogP contribution is 1.95. The summed E-state index contributed by atoms with van der Waals surface area (Å²) in [6.45, 7) is 2.16. The summed E-state index contributed by atoms with van der Waals surface area (Å²) in [5.74, 6) is -1.32. The Morgan fingerprint density at radius 1 is 1.60 bits per heavy atom. The van der Waals surface area contributed by atoms with Gasteiger partial charge in [0.05, 0.1) is 6.54 Å². The van der Waals surface area contributed by atoms with Crippen LogP contribution < -0.4 is 0 Å². The van der Waals surface area contributed by atoms with E-state index in [0.717, 1.165) is 0 Å². The Morgan fingerprint density at radius 2 is 2.27 bits per heavy atom. The zero-order valence-electron chi connectivity index (χ0n) is 8.54. The average Bonchev–Trinajstić information content (AvgIpc) is 2.61. The van der Waals surface area contributed by atoms with Crippen molar-refractivity contribution < 1.29 is 14.7 Å². The standard InChI is InChI=1S/C8H12N4O3/c1-6(13)11(2)3-4-12-7(8(14)15)9-5-10-12/h5H,3-4H2,1-2H3,(H,14,15). The van der Waals surface area contributed by atoms with Crippen LogP contribution in [-0.2, 0) is 11.3 Å². The Bertz CT molecular complexity index is 374. The molecule has 1 amide bonds. The highest BCUT2D eigenvalue weighted by atomic mass is 16.4. The van der Waals surface area contributed by atoms with Gasteiger partial charge in [-0.3, -0.25) is 4.79 Å². The lowest BCUT2D eigenvalue weighted by Crippen LogP contribution is -2.28. The van der Waals surface area contributed by atoms with Crippen molar-refractivity contribution in [3.63, 3.8) is 0 Å². The fraction of sp³-hybridized carbons (Fsp3) is 0.500. The normalized spacial score (nSPS) is 10.0. The largest absolute Gasteiger partial charge is 0.475 e. The van der Waals surface area contributed by atoms with E-state index in [1.165, 1.54) is 22.8 Å². The third-order valence-electron chi connectivity index (χ3n) is 1.99. The van der Waals surface area contributed by atoms with E-state index in [4.69, 9.17) is 5.11 Å². The summed E-state index contributed by atoms with van der Waals surface area (Å²) in [5.41, 5.74) is 0. The molecule has 0 bridgehead atoms. The van der Waals surface area contributed by atoms with Crippen molar-refractivity contribution in [2.45, 2.75) is 13.5 Å². The molecule has 1 aromatic heterocycles. The number of nitrogens with zero attached hydrogens (tertiary/aromatic N) is 4. The molecule has 1 N–H and O–H groups in total. The molecule has 0 saturated carbocycles. The first-order chi connectivity index (χ1) is 7.02. The molecule has 7 heteroatoms. The van der Waals surface area contributed by atoms with Gasteiger partial charge in [-0.05, 0) is 0 Å². The molecule has 0 aromatic carbocycles. The Labute approximate surface area is 86.3 Å². The molecular formula is C8H12N4O3. The van der Waals surface area contributed by atoms with Gasteiger partial charge in [0.2, 0.25) is 11.7 Å². The molecule has 15 heavy (non-hydrogen) atoms. The van der Waals surface area contributed by atoms with Crippen LogP contribution in [0.1, 0.15) is 17.5 Å². The van der Waals surface area contributed by atoms with Crippen LogP contribution in [-0.4, -0.2) is 50.2 Å². The zero-order chi connectivity index (χ0) is 11.4. The monoisotopic (exact) mass is 212 g/mol. The first kappa shape index (κ1) is 11.2. The van der Waals surface area contributed by atoms with Crippen molar-refractivity contribution in [3.05, 3.63) is 12.2 Å². The van der Waals surface area contributed by atoms with Gasteiger partial charge in [0.15, 0.2) is 0 Å². The minimum atomic E-state index is -1.13. The highest BCUT2D eigenvalue weighted by molar-refractivity contribution is 5.83. The molecule has 0 saturated heterocycles. The van der Waals surface area contributed by atoms with Crippen LogP contribution in [0.25, 0.3) is 0 Å². The summed E-state index contributed by atoms with van der Waals surface area (Å²) in [5, 5.41) is 12.5. The van der Waals surface area contributed by atoms with Crippen molar-refractivity contribution in [3.8, 4) is 0 Å². The average molecular weight is 212 g/mol. The smallest absolute Gasteiger partial charge is 0.373 e. The molecule has 0 aliphatic carbocycles. The predicted octanol–water partition coefficient (Wildman–Crippen LogP) is -0.545. The second kappa shape index (κ2) is 4.54. The van der Waals surface area contributed by atoms with Gasteiger partial charge in [-0.25, -0.2) is 14.5 Å². The summed E-state index contributed by atoms with van der Waals surface area (Å²) < 4.78 is 1.25. The summed E-state index contributed by atoms with van der Waals surface area (Å²) >= 11 is 0. The molecule has 0 aliphatic rings. The fourth-order valence-electron chi connectivity index (χ4n) is 0.996. The van der Waals surface area contributed by atoms with Crippen molar-refractivity contribution in [2.24, 2.45) is 0 Å². The Morgan fingerprint density at radius 3 is 2.80 bits per heavy atom. The van der Waals surface area contributed by atoms with E-state index in [1.54, 1.807) is 7.05 Å². The molecule has 1 heterocycles. The van der Waals surface area contributed by atoms with Crippen LogP contribution in [0, 0.1) is 0 Å². The van der Waals surface area contributed by atoms with Gasteiger partial charge in [-0.2, -0.15) is 5.10 Å². The Hall–Kier alpha value is -1.92.